The summed E-state index contributed by atoms with van der Waals surface area (Å²) in [5.74, 6) is 0.344. The number of thiazole rings is 1. The fourth-order valence-electron chi connectivity index (χ4n) is 1.10. The summed E-state index contributed by atoms with van der Waals surface area (Å²) in [5, 5.41) is 7.64. The molecule has 0 aromatic carbocycles. The van der Waals surface area contributed by atoms with E-state index in [0.717, 1.165) is 6.54 Å². The first-order valence-corrected chi connectivity index (χ1v) is 5.49. The van der Waals surface area contributed by atoms with Gasteiger partial charge in [0.05, 0.1) is 5.51 Å². The Hall–Kier alpha value is -0.940. The SMILES string of the molecule is CNCC(C)CNC(=O)c1cscn1. The van der Waals surface area contributed by atoms with E-state index in [1.165, 1.54) is 11.3 Å². The summed E-state index contributed by atoms with van der Waals surface area (Å²) in [4.78, 5) is 15.4. The van der Waals surface area contributed by atoms with Crippen LogP contribution in [0, 0.1) is 5.92 Å². The Morgan fingerprint density at radius 3 is 3.00 bits per heavy atom. The minimum absolute atomic E-state index is 0.0887. The Labute approximate surface area is 87.7 Å². The molecule has 0 bridgehead atoms. The molecule has 1 aromatic heterocycles. The second-order valence-corrected chi connectivity index (χ2v) is 3.97. The van der Waals surface area contributed by atoms with Gasteiger partial charge < -0.3 is 10.6 Å². The Morgan fingerprint density at radius 2 is 2.43 bits per heavy atom. The minimum Gasteiger partial charge on any atom is -0.350 e. The zero-order valence-corrected chi connectivity index (χ0v) is 9.23. The molecule has 1 atom stereocenters. The van der Waals surface area contributed by atoms with Crippen LogP contribution in [0.5, 0.6) is 0 Å². The molecule has 0 saturated heterocycles. The van der Waals surface area contributed by atoms with E-state index in [0.29, 0.717) is 18.2 Å². The van der Waals surface area contributed by atoms with Crippen LogP contribution in [0.15, 0.2) is 10.9 Å². The summed E-state index contributed by atoms with van der Waals surface area (Å²) in [7, 11) is 1.90. The van der Waals surface area contributed by atoms with Gasteiger partial charge in [-0.25, -0.2) is 4.98 Å². The molecule has 1 heterocycles. The van der Waals surface area contributed by atoms with E-state index >= 15 is 0 Å². The molecule has 1 aromatic rings. The fraction of sp³-hybridized carbons (Fsp3) is 0.556. The average molecular weight is 213 g/mol. The summed E-state index contributed by atoms with van der Waals surface area (Å²) in [6.07, 6.45) is 0. The van der Waals surface area contributed by atoms with E-state index in [2.05, 4.69) is 22.5 Å². The number of amides is 1. The number of aromatic nitrogens is 1. The minimum atomic E-state index is -0.0887. The van der Waals surface area contributed by atoms with Crippen LogP contribution in [0.4, 0.5) is 0 Å². The number of nitrogens with zero attached hydrogens (tertiary/aromatic N) is 1. The van der Waals surface area contributed by atoms with Crippen molar-refractivity contribution in [2.45, 2.75) is 6.92 Å². The summed E-state index contributed by atoms with van der Waals surface area (Å²) >= 11 is 1.43. The van der Waals surface area contributed by atoms with Gasteiger partial charge in [0.25, 0.3) is 5.91 Å². The molecule has 0 spiro atoms. The van der Waals surface area contributed by atoms with Crippen molar-refractivity contribution in [3.05, 3.63) is 16.6 Å². The zero-order chi connectivity index (χ0) is 10.4. The predicted octanol–water partition coefficient (Wildman–Crippen LogP) is 0.728. The lowest BCUT2D eigenvalue weighted by Crippen LogP contribution is -2.32. The van der Waals surface area contributed by atoms with Gasteiger partial charge >= 0.3 is 0 Å². The first kappa shape index (κ1) is 11.1. The van der Waals surface area contributed by atoms with Crippen molar-refractivity contribution in [3.8, 4) is 0 Å². The Morgan fingerprint density at radius 1 is 1.64 bits per heavy atom. The predicted molar refractivity (Wildman–Crippen MR) is 57.5 cm³/mol. The van der Waals surface area contributed by atoms with Gasteiger partial charge in [-0.1, -0.05) is 6.92 Å². The van der Waals surface area contributed by atoms with E-state index in [1.807, 2.05) is 7.05 Å². The Bertz CT molecular complexity index is 274. The third-order valence-corrected chi connectivity index (χ3v) is 2.42. The maximum absolute atomic E-state index is 11.4. The quantitative estimate of drug-likeness (QED) is 0.758. The number of rotatable bonds is 5. The van der Waals surface area contributed by atoms with Crippen molar-refractivity contribution in [2.75, 3.05) is 20.1 Å². The highest BCUT2D eigenvalue weighted by molar-refractivity contribution is 7.07. The van der Waals surface area contributed by atoms with Crippen LogP contribution < -0.4 is 10.6 Å². The normalized spacial score (nSPS) is 12.4. The van der Waals surface area contributed by atoms with Gasteiger partial charge in [-0.3, -0.25) is 4.79 Å². The second kappa shape index (κ2) is 5.72. The largest absolute Gasteiger partial charge is 0.350 e. The first-order valence-electron chi connectivity index (χ1n) is 4.55. The van der Waals surface area contributed by atoms with Gasteiger partial charge in [0.1, 0.15) is 5.69 Å². The van der Waals surface area contributed by atoms with Crippen molar-refractivity contribution >= 4 is 17.2 Å². The third-order valence-electron chi connectivity index (χ3n) is 1.83. The van der Waals surface area contributed by atoms with E-state index in [4.69, 9.17) is 0 Å². The molecule has 1 rings (SSSR count). The summed E-state index contributed by atoms with van der Waals surface area (Å²) in [6, 6.07) is 0. The summed E-state index contributed by atoms with van der Waals surface area (Å²) in [5.41, 5.74) is 2.16. The maximum Gasteiger partial charge on any atom is 0.270 e. The Balaban J connectivity index is 2.28. The summed E-state index contributed by atoms with van der Waals surface area (Å²) in [6.45, 7) is 3.66. The second-order valence-electron chi connectivity index (χ2n) is 3.25. The van der Waals surface area contributed by atoms with E-state index in [1.54, 1.807) is 10.9 Å². The topological polar surface area (TPSA) is 54.0 Å². The van der Waals surface area contributed by atoms with Crippen LogP contribution >= 0.6 is 11.3 Å². The molecule has 4 nitrogen and oxygen atoms in total. The van der Waals surface area contributed by atoms with Gasteiger partial charge in [0.2, 0.25) is 0 Å². The van der Waals surface area contributed by atoms with E-state index in [-0.39, 0.29) is 5.91 Å². The molecule has 14 heavy (non-hydrogen) atoms. The van der Waals surface area contributed by atoms with Crippen molar-refractivity contribution in [1.82, 2.24) is 15.6 Å². The van der Waals surface area contributed by atoms with E-state index in [9.17, 15) is 4.79 Å². The lowest BCUT2D eigenvalue weighted by Gasteiger charge is -2.10. The molecule has 1 amide bonds. The number of carbonyl (C=O) groups excluding carboxylic acids is 1. The van der Waals surface area contributed by atoms with Crippen LogP contribution in [0.2, 0.25) is 0 Å². The third kappa shape index (κ3) is 3.43. The van der Waals surface area contributed by atoms with Crippen LogP contribution in [0.3, 0.4) is 0 Å². The van der Waals surface area contributed by atoms with Crippen molar-refractivity contribution in [2.24, 2.45) is 5.92 Å². The van der Waals surface area contributed by atoms with Gasteiger partial charge in [-0.05, 0) is 19.5 Å². The number of nitrogens with one attached hydrogen (secondary N) is 2. The summed E-state index contributed by atoms with van der Waals surface area (Å²) < 4.78 is 0. The highest BCUT2D eigenvalue weighted by atomic mass is 32.1. The van der Waals surface area contributed by atoms with Crippen molar-refractivity contribution in [1.29, 1.82) is 0 Å². The van der Waals surface area contributed by atoms with Crippen LogP contribution in [-0.4, -0.2) is 31.0 Å². The Kier molecular flexibility index (Phi) is 4.55. The molecular formula is C9H15N3OS. The zero-order valence-electron chi connectivity index (χ0n) is 8.41. The van der Waals surface area contributed by atoms with Gasteiger partial charge in [-0.2, -0.15) is 0 Å². The number of hydrogen-bond donors (Lipinski definition) is 2. The smallest absolute Gasteiger partial charge is 0.270 e. The van der Waals surface area contributed by atoms with Gasteiger partial charge in [-0.15, -0.1) is 11.3 Å². The standard InChI is InChI=1S/C9H15N3OS/c1-7(3-10-2)4-11-9(13)8-5-14-6-12-8/h5-7,10H,3-4H2,1-2H3,(H,11,13). The number of hydrogen-bond acceptors (Lipinski definition) is 4. The number of carbonyl (C=O) groups is 1. The van der Waals surface area contributed by atoms with Gasteiger partial charge in [0.15, 0.2) is 0 Å². The highest BCUT2D eigenvalue weighted by Gasteiger charge is 2.08. The van der Waals surface area contributed by atoms with Crippen molar-refractivity contribution < 1.29 is 4.79 Å². The molecule has 5 heteroatoms. The van der Waals surface area contributed by atoms with Gasteiger partial charge in [0, 0.05) is 11.9 Å². The molecule has 78 valence electrons. The molecule has 0 aliphatic carbocycles. The molecule has 0 saturated carbocycles. The maximum atomic E-state index is 11.4. The molecule has 0 aliphatic heterocycles. The molecular weight excluding hydrogens is 198 g/mol. The van der Waals surface area contributed by atoms with Crippen molar-refractivity contribution in [3.63, 3.8) is 0 Å². The highest BCUT2D eigenvalue weighted by Crippen LogP contribution is 2.00. The van der Waals surface area contributed by atoms with Crippen LogP contribution in [0.25, 0.3) is 0 Å². The molecule has 2 N–H and O–H groups in total. The van der Waals surface area contributed by atoms with E-state index < -0.39 is 0 Å². The molecule has 1 unspecified atom stereocenters. The lowest BCUT2D eigenvalue weighted by molar-refractivity contribution is 0.0944. The lowest BCUT2D eigenvalue weighted by atomic mass is 10.2. The molecule has 0 aliphatic rings. The molecule has 0 fully saturated rings. The average Bonchev–Trinajstić information content (AvgIpc) is 2.67. The first-order chi connectivity index (χ1) is 6.74. The van der Waals surface area contributed by atoms with Crippen LogP contribution in [-0.2, 0) is 0 Å². The van der Waals surface area contributed by atoms with Crippen LogP contribution in [0.1, 0.15) is 17.4 Å². The monoisotopic (exact) mass is 213 g/mol. The fourth-order valence-corrected chi connectivity index (χ4v) is 1.63. The molecule has 0 radical (unpaired) electrons.